The van der Waals surface area contributed by atoms with Gasteiger partial charge in [0, 0.05) is 4.47 Å². The third-order valence-electron chi connectivity index (χ3n) is 1.87. The van der Waals surface area contributed by atoms with Gasteiger partial charge in [-0.05, 0) is 24.1 Å². The highest BCUT2D eigenvalue weighted by molar-refractivity contribution is 9.10. The van der Waals surface area contributed by atoms with Crippen LogP contribution in [0.25, 0.3) is 0 Å². The summed E-state index contributed by atoms with van der Waals surface area (Å²) in [6.07, 6.45) is -0.833. The van der Waals surface area contributed by atoms with Crippen LogP contribution in [-0.2, 0) is 0 Å². The van der Waals surface area contributed by atoms with Crippen LogP contribution >= 0.6 is 39.1 Å². The molecule has 0 aliphatic heterocycles. The zero-order valence-electron chi connectivity index (χ0n) is 6.97. The Bertz CT molecular complexity index is 302. The third-order valence-corrected chi connectivity index (χ3v) is 3.20. The first kappa shape index (κ1) is 11.3. The molecule has 0 bridgehead atoms. The highest BCUT2D eigenvalue weighted by atomic mass is 79.9. The monoisotopic (exact) mass is 282 g/mol. The number of aliphatic hydroxyl groups is 1. The maximum Gasteiger partial charge on any atom is 0.137 e. The molecule has 1 aromatic rings. The van der Waals surface area contributed by atoms with Gasteiger partial charge in [-0.1, -0.05) is 28.1 Å². The van der Waals surface area contributed by atoms with Crippen molar-refractivity contribution in [2.75, 3.05) is 0 Å². The fraction of sp³-hybridized carbons (Fsp3) is 0.333. The van der Waals surface area contributed by atoms with E-state index in [0.717, 1.165) is 15.6 Å². The van der Waals surface area contributed by atoms with Crippen LogP contribution in [0, 0.1) is 6.92 Å². The van der Waals surface area contributed by atoms with Crippen LogP contribution in [0.2, 0.25) is 0 Å². The molecular formula is C9H9BrCl2O. The van der Waals surface area contributed by atoms with Gasteiger partial charge in [-0.2, -0.15) is 0 Å². The average Bonchev–Trinajstić information content (AvgIpc) is 2.08. The van der Waals surface area contributed by atoms with Gasteiger partial charge in [0.05, 0.1) is 0 Å². The maximum atomic E-state index is 9.62. The van der Waals surface area contributed by atoms with Gasteiger partial charge in [0.25, 0.3) is 0 Å². The minimum absolute atomic E-state index is 0.754. The summed E-state index contributed by atoms with van der Waals surface area (Å²) in [5, 5.41) is 9.62. The van der Waals surface area contributed by atoms with Gasteiger partial charge in [-0.25, -0.2) is 0 Å². The molecule has 1 unspecified atom stereocenters. The van der Waals surface area contributed by atoms with E-state index in [-0.39, 0.29) is 0 Å². The molecule has 1 N–H and O–H groups in total. The Morgan fingerprint density at radius 1 is 1.38 bits per heavy atom. The number of halogens is 3. The molecule has 1 rings (SSSR count). The van der Waals surface area contributed by atoms with Crippen molar-refractivity contribution < 1.29 is 5.11 Å². The van der Waals surface area contributed by atoms with E-state index >= 15 is 0 Å². The third kappa shape index (κ3) is 2.59. The topological polar surface area (TPSA) is 20.2 Å². The lowest BCUT2D eigenvalue weighted by atomic mass is 10.0. The molecule has 0 fully saturated rings. The summed E-state index contributed by atoms with van der Waals surface area (Å²) in [5.74, 6) is 0. The Morgan fingerprint density at radius 3 is 2.54 bits per heavy atom. The first-order valence-electron chi connectivity index (χ1n) is 3.75. The molecule has 0 saturated carbocycles. The highest BCUT2D eigenvalue weighted by Gasteiger charge is 2.18. The van der Waals surface area contributed by atoms with Crippen LogP contribution in [0.15, 0.2) is 22.7 Å². The molecule has 0 heterocycles. The van der Waals surface area contributed by atoms with E-state index in [1.165, 1.54) is 0 Å². The molecule has 1 aromatic carbocycles. The summed E-state index contributed by atoms with van der Waals surface area (Å²) in [5.41, 5.74) is 1.71. The molecule has 0 aromatic heterocycles. The van der Waals surface area contributed by atoms with E-state index in [0.29, 0.717) is 0 Å². The molecule has 13 heavy (non-hydrogen) atoms. The summed E-state index contributed by atoms with van der Waals surface area (Å²) in [6.45, 7) is 1.90. The van der Waals surface area contributed by atoms with Crippen molar-refractivity contribution in [1.29, 1.82) is 0 Å². The van der Waals surface area contributed by atoms with Crippen LogP contribution in [0.5, 0.6) is 0 Å². The van der Waals surface area contributed by atoms with Gasteiger partial charge in [0.2, 0.25) is 0 Å². The number of alkyl halides is 2. The van der Waals surface area contributed by atoms with Gasteiger partial charge < -0.3 is 5.11 Å². The molecule has 0 aliphatic rings. The summed E-state index contributed by atoms with van der Waals surface area (Å²) in [6, 6.07) is 5.55. The Balaban J connectivity index is 3.07. The largest absolute Gasteiger partial charge is 0.386 e. The van der Waals surface area contributed by atoms with Crippen molar-refractivity contribution in [2.24, 2.45) is 0 Å². The summed E-state index contributed by atoms with van der Waals surface area (Å²) >= 11 is 14.5. The van der Waals surface area contributed by atoms with Crippen LogP contribution in [-0.4, -0.2) is 9.94 Å². The van der Waals surface area contributed by atoms with Gasteiger partial charge in [-0.15, -0.1) is 23.2 Å². The van der Waals surface area contributed by atoms with Crippen molar-refractivity contribution in [2.45, 2.75) is 17.9 Å². The Morgan fingerprint density at radius 2 is 2.00 bits per heavy atom. The Kier molecular flexibility index (Phi) is 4.05. The van der Waals surface area contributed by atoms with E-state index in [1.54, 1.807) is 0 Å². The molecule has 0 aliphatic carbocycles. The van der Waals surface area contributed by atoms with Gasteiger partial charge in [0.15, 0.2) is 0 Å². The second kappa shape index (κ2) is 4.65. The lowest BCUT2D eigenvalue weighted by molar-refractivity contribution is 0.192. The maximum absolute atomic E-state index is 9.62. The predicted molar refractivity (Wildman–Crippen MR) is 59.3 cm³/mol. The number of rotatable bonds is 2. The molecule has 0 saturated heterocycles. The minimum atomic E-state index is -0.833. The van der Waals surface area contributed by atoms with Gasteiger partial charge >= 0.3 is 0 Å². The minimum Gasteiger partial charge on any atom is -0.386 e. The molecule has 1 atom stereocenters. The first-order valence-corrected chi connectivity index (χ1v) is 5.42. The molecule has 0 radical (unpaired) electrons. The SMILES string of the molecule is Cc1c(Br)cccc1C(O)C(Cl)Cl. The molecule has 1 nitrogen and oxygen atoms in total. The lowest BCUT2D eigenvalue weighted by Crippen LogP contribution is -2.07. The summed E-state index contributed by atoms with van der Waals surface area (Å²) < 4.78 is 0.943. The number of hydrogen-bond acceptors (Lipinski definition) is 1. The average molecular weight is 284 g/mol. The Labute approximate surface area is 95.8 Å². The second-order valence-corrected chi connectivity index (χ2v) is 4.75. The molecular weight excluding hydrogens is 275 g/mol. The number of aliphatic hydroxyl groups excluding tert-OH is 1. The van der Waals surface area contributed by atoms with Crippen LogP contribution in [0.1, 0.15) is 17.2 Å². The normalized spacial score (nSPS) is 13.4. The quantitative estimate of drug-likeness (QED) is 0.823. The van der Waals surface area contributed by atoms with Crippen molar-refractivity contribution in [3.05, 3.63) is 33.8 Å². The van der Waals surface area contributed by atoms with Crippen molar-refractivity contribution in [3.63, 3.8) is 0 Å². The highest BCUT2D eigenvalue weighted by Crippen LogP contribution is 2.29. The smallest absolute Gasteiger partial charge is 0.137 e. The van der Waals surface area contributed by atoms with Crippen molar-refractivity contribution in [1.82, 2.24) is 0 Å². The van der Waals surface area contributed by atoms with E-state index in [2.05, 4.69) is 15.9 Å². The second-order valence-electron chi connectivity index (χ2n) is 2.73. The zero-order valence-corrected chi connectivity index (χ0v) is 10.1. The molecule has 0 amide bonds. The van der Waals surface area contributed by atoms with E-state index < -0.39 is 10.9 Å². The molecule has 72 valence electrons. The molecule has 0 spiro atoms. The Hall–Kier alpha value is 0.240. The van der Waals surface area contributed by atoms with Crippen LogP contribution in [0.4, 0.5) is 0 Å². The predicted octanol–water partition coefficient (Wildman–Crippen LogP) is 3.59. The molecule has 4 heteroatoms. The van der Waals surface area contributed by atoms with E-state index in [4.69, 9.17) is 23.2 Å². The van der Waals surface area contributed by atoms with E-state index in [9.17, 15) is 5.11 Å². The van der Waals surface area contributed by atoms with Crippen LogP contribution in [0.3, 0.4) is 0 Å². The number of hydrogen-bond donors (Lipinski definition) is 1. The lowest BCUT2D eigenvalue weighted by Gasteiger charge is -2.15. The van der Waals surface area contributed by atoms with Crippen molar-refractivity contribution >= 4 is 39.1 Å². The van der Waals surface area contributed by atoms with Crippen LogP contribution < -0.4 is 0 Å². The van der Waals surface area contributed by atoms with Crippen molar-refractivity contribution in [3.8, 4) is 0 Å². The standard InChI is InChI=1S/C9H9BrCl2O/c1-5-6(8(13)9(11)12)3-2-4-7(5)10/h2-4,8-9,13H,1H3. The van der Waals surface area contributed by atoms with Gasteiger partial charge in [0.1, 0.15) is 10.9 Å². The van der Waals surface area contributed by atoms with E-state index in [1.807, 2.05) is 25.1 Å². The summed E-state index contributed by atoms with van der Waals surface area (Å²) in [7, 11) is 0. The summed E-state index contributed by atoms with van der Waals surface area (Å²) in [4.78, 5) is -0.798. The first-order chi connectivity index (χ1) is 6.04. The number of benzene rings is 1. The van der Waals surface area contributed by atoms with Gasteiger partial charge in [-0.3, -0.25) is 0 Å². The fourth-order valence-electron chi connectivity index (χ4n) is 1.08. The fourth-order valence-corrected chi connectivity index (χ4v) is 1.73. The zero-order chi connectivity index (χ0) is 10.0.